The Hall–Kier alpha value is -0.970. The van der Waals surface area contributed by atoms with Crippen LogP contribution in [-0.4, -0.2) is 11.3 Å². The number of amides is 1. The molecule has 98 valence electrons. The lowest BCUT2D eigenvalue weighted by atomic mass is 10.2. The number of hydrogen-bond donors (Lipinski definition) is 1. The molecule has 0 radical (unpaired) electrons. The Labute approximate surface area is 120 Å². The SMILES string of the molecule is CC(C)/C(Cl)=N\OC(=O)Nc1ccc(Cl)c(Cl)c1. The lowest BCUT2D eigenvalue weighted by Gasteiger charge is -2.05. The first-order valence-corrected chi connectivity index (χ1v) is 6.20. The van der Waals surface area contributed by atoms with Crippen LogP contribution < -0.4 is 5.32 Å². The topological polar surface area (TPSA) is 50.7 Å². The van der Waals surface area contributed by atoms with E-state index in [1.807, 2.05) is 13.8 Å². The molecule has 1 rings (SSSR count). The number of carbonyl (C=O) groups is 1. The van der Waals surface area contributed by atoms with E-state index >= 15 is 0 Å². The van der Waals surface area contributed by atoms with E-state index in [0.29, 0.717) is 15.7 Å². The highest BCUT2D eigenvalue weighted by Crippen LogP contribution is 2.25. The van der Waals surface area contributed by atoms with E-state index in [1.54, 1.807) is 12.1 Å². The molecule has 0 bridgehead atoms. The summed E-state index contributed by atoms with van der Waals surface area (Å²) in [5, 5.41) is 6.84. The van der Waals surface area contributed by atoms with E-state index in [1.165, 1.54) is 6.07 Å². The van der Waals surface area contributed by atoms with Crippen LogP contribution in [0.1, 0.15) is 13.8 Å². The van der Waals surface area contributed by atoms with E-state index in [9.17, 15) is 4.79 Å². The molecule has 0 fully saturated rings. The van der Waals surface area contributed by atoms with Crippen LogP contribution in [-0.2, 0) is 4.84 Å². The molecule has 1 aromatic carbocycles. The maximum atomic E-state index is 11.4. The van der Waals surface area contributed by atoms with Gasteiger partial charge in [0.15, 0.2) is 0 Å². The van der Waals surface area contributed by atoms with Gasteiger partial charge in [-0.25, -0.2) is 4.79 Å². The summed E-state index contributed by atoms with van der Waals surface area (Å²) in [7, 11) is 0. The first-order chi connectivity index (χ1) is 8.40. The van der Waals surface area contributed by atoms with Crippen molar-refractivity contribution in [2.24, 2.45) is 11.1 Å². The zero-order valence-corrected chi connectivity index (χ0v) is 12.0. The molecule has 0 spiro atoms. The fraction of sp³-hybridized carbons (Fsp3) is 0.273. The lowest BCUT2D eigenvalue weighted by Crippen LogP contribution is -2.12. The summed E-state index contributed by atoms with van der Waals surface area (Å²) in [6.07, 6.45) is -0.757. The predicted molar refractivity (Wildman–Crippen MR) is 74.7 cm³/mol. The molecule has 4 nitrogen and oxygen atoms in total. The third kappa shape index (κ3) is 4.72. The number of carbonyl (C=O) groups excluding carboxylic acids is 1. The first-order valence-electron chi connectivity index (χ1n) is 5.06. The van der Waals surface area contributed by atoms with Gasteiger partial charge in [-0.15, -0.1) is 0 Å². The van der Waals surface area contributed by atoms with Crippen LogP contribution in [0.3, 0.4) is 0 Å². The van der Waals surface area contributed by atoms with E-state index in [-0.39, 0.29) is 11.1 Å². The molecule has 0 aliphatic heterocycles. The van der Waals surface area contributed by atoms with Gasteiger partial charge in [0.1, 0.15) is 5.17 Å². The largest absolute Gasteiger partial charge is 0.437 e. The van der Waals surface area contributed by atoms with Crippen LogP contribution in [0.15, 0.2) is 23.4 Å². The van der Waals surface area contributed by atoms with Crippen molar-refractivity contribution >= 4 is 51.8 Å². The lowest BCUT2D eigenvalue weighted by molar-refractivity contribution is 0.166. The quantitative estimate of drug-likeness (QED) is 0.497. The van der Waals surface area contributed by atoms with Crippen LogP contribution in [0.5, 0.6) is 0 Å². The standard InChI is InChI=1S/C11H11Cl3N2O2/c1-6(2)10(14)16-18-11(17)15-7-3-4-8(12)9(13)5-7/h3-6H,1-2H3,(H,15,17)/b16-10+. The van der Waals surface area contributed by atoms with Gasteiger partial charge >= 0.3 is 6.09 Å². The zero-order valence-electron chi connectivity index (χ0n) is 9.71. The van der Waals surface area contributed by atoms with Crippen molar-refractivity contribution in [2.45, 2.75) is 13.8 Å². The second-order valence-corrected chi connectivity index (χ2v) is 4.90. The molecule has 0 heterocycles. The molecule has 1 aromatic rings. The van der Waals surface area contributed by atoms with Crippen molar-refractivity contribution in [1.29, 1.82) is 0 Å². The zero-order chi connectivity index (χ0) is 13.7. The fourth-order valence-corrected chi connectivity index (χ4v) is 1.24. The minimum absolute atomic E-state index is 0.00977. The second kappa shape index (κ2) is 6.83. The van der Waals surface area contributed by atoms with E-state index in [4.69, 9.17) is 34.8 Å². The second-order valence-electron chi connectivity index (χ2n) is 3.70. The maximum absolute atomic E-state index is 11.4. The predicted octanol–water partition coefficient (Wildman–Crippen LogP) is 4.75. The van der Waals surface area contributed by atoms with Crippen LogP contribution >= 0.6 is 34.8 Å². The number of hydrogen-bond acceptors (Lipinski definition) is 3. The van der Waals surface area contributed by atoms with Crippen LogP contribution in [0.4, 0.5) is 10.5 Å². The molecule has 18 heavy (non-hydrogen) atoms. The highest BCUT2D eigenvalue weighted by Gasteiger charge is 2.07. The van der Waals surface area contributed by atoms with Gasteiger partial charge in [-0.1, -0.05) is 53.8 Å². The summed E-state index contributed by atoms with van der Waals surface area (Å²) < 4.78 is 0. The number of benzene rings is 1. The van der Waals surface area contributed by atoms with Gasteiger partial charge in [-0.2, -0.15) is 0 Å². The van der Waals surface area contributed by atoms with Crippen molar-refractivity contribution < 1.29 is 9.63 Å². The molecule has 0 atom stereocenters. The Bertz CT molecular complexity index is 475. The van der Waals surface area contributed by atoms with E-state index in [0.717, 1.165) is 0 Å². The molecule has 0 aliphatic carbocycles. The third-order valence-electron chi connectivity index (χ3n) is 1.86. The average molecular weight is 310 g/mol. The number of rotatable bonds is 3. The van der Waals surface area contributed by atoms with Crippen molar-refractivity contribution in [3.63, 3.8) is 0 Å². The Morgan fingerprint density at radius 2 is 2.00 bits per heavy atom. The molecule has 0 aromatic heterocycles. The summed E-state index contributed by atoms with van der Waals surface area (Å²) in [5.41, 5.74) is 0.449. The van der Waals surface area contributed by atoms with Crippen molar-refractivity contribution in [3.8, 4) is 0 Å². The highest BCUT2D eigenvalue weighted by atomic mass is 35.5. The van der Waals surface area contributed by atoms with Gasteiger partial charge in [0.25, 0.3) is 0 Å². The molecule has 7 heteroatoms. The Morgan fingerprint density at radius 1 is 1.33 bits per heavy atom. The smallest absolute Gasteiger partial charge is 0.297 e. The van der Waals surface area contributed by atoms with Gasteiger partial charge in [0.05, 0.1) is 10.0 Å². The highest BCUT2D eigenvalue weighted by molar-refractivity contribution is 6.65. The molecule has 0 saturated heterocycles. The summed E-state index contributed by atoms with van der Waals surface area (Å²) >= 11 is 17.2. The van der Waals surface area contributed by atoms with Gasteiger partial charge in [-0.3, -0.25) is 10.2 Å². The Kier molecular flexibility index (Phi) is 5.72. The van der Waals surface area contributed by atoms with Crippen LogP contribution in [0.2, 0.25) is 10.0 Å². The number of halogens is 3. The van der Waals surface area contributed by atoms with E-state index < -0.39 is 6.09 Å². The number of nitrogens with zero attached hydrogens (tertiary/aromatic N) is 1. The molecule has 0 unspecified atom stereocenters. The molecule has 1 N–H and O–H groups in total. The normalized spacial score (nSPS) is 11.6. The molecular weight excluding hydrogens is 298 g/mol. The van der Waals surface area contributed by atoms with Gasteiger partial charge < -0.3 is 0 Å². The monoisotopic (exact) mass is 308 g/mol. The Balaban J connectivity index is 2.60. The molecule has 0 saturated carbocycles. The van der Waals surface area contributed by atoms with E-state index in [2.05, 4.69) is 15.3 Å². The average Bonchev–Trinajstić information content (AvgIpc) is 2.30. The number of nitrogens with one attached hydrogen (secondary N) is 1. The molecular formula is C11H11Cl3N2O2. The van der Waals surface area contributed by atoms with Gasteiger partial charge in [0, 0.05) is 11.6 Å². The molecule has 1 amide bonds. The van der Waals surface area contributed by atoms with Gasteiger partial charge in [-0.05, 0) is 18.2 Å². The summed E-state index contributed by atoms with van der Waals surface area (Å²) in [6, 6.07) is 4.64. The first kappa shape index (κ1) is 15.1. The minimum atomic E-state index is -0.757. The van der Waals surface area contributed by atoms with Crippen LogP contribution in [0, 0.1) is 5.92 Å². The molecule has 0 aliphatic rings. The number of anilines is 1. The number of oxime groups is 1. The van der Waals surface area contributed by atoms with Crippen LogP contribution in [0.25, 0.3) is 0 Å². The maximum Gasteiger partial charge on any atom is 0.437 e. The van der Waals surface area contributed by atoms with Crippen molar-refractivity contribution in [1.82, 2.24) is 0 Å². The van der Waals surface area contributed by atoms with Crippen molar-refractivity contribution in [2.75, 3.05) is 5.32 Å². The summed E-state index contributed by atoms with van der Waals surface area (Å²) in [5.74, 6) is -0.00977. The minimum Gasteiger partial charge on any atom is -0.297 e. The summed E-state index contributed by atoms with van der Waals surface area (Å²) in [4.78, 5) is 15.9. The summed E-state index contributed by atoms with van der Waals surface area (Å²) in [6.45, 7) is 3.65. The third-order valence-corrected chi connectivity index (χ3v) is 3.10. The van der Waals surface area contributed by atoms with Crippen molar-refractivity contribution in [3.05, 3.63) is 28.2 Å². The fourth-order valence-electron chi connectivity index (χ4n) is 0.905. The van der Waals surface area contributed by atoms with Gasteiger partial charge in [0.2, 0.25) is 0 Å². The Morgan fingerprint density at radius 3 is 2.56 bits per heavy atom.